The van der Waals surface area contributed by atoms with Crippen LogP contribution in [0.3, 0.4) is 0 Å². The molecule has 0 spiro atoms. The molecular weight excluding hydrogens is 344 g/mol. The lowest BCUT2D eigenvalue weighted by Gasteiger charge is -2.11. The van der Waals surface area contributed by atoms with Crippen molar-refractivity contribution >= 4 is 39.1 Å². The number of likely N-dealkylation sites (N-methyl/N-ethyl adjacent to an activating group) is 1. The van der Waals surface area contributed by atoms with Gasteiger partial charge < -0.3 is 10.6 Å². The highest BCUT2D eigenvalue weighted by Crippen LogP contribution is 2.36. The molecule has 0 aliphatic carbocycles. The van der Waals surface area contributed by atoms with Crippen LogP contribution < -0.4 is 10.6 Å². The van der Waals surface area contributed by atoms with Crippen LogP contribution in [0.2, 0.25) is 5.02 Å². The molecule has 0 saturated heterocycles. The number of rotatable bonds is 3. The van der Waals surface area contributed by atoms with Crippen LogP contribution in [0.1, 0.15) is 18.5 Å². The molecule has 0 bridgehead atoms. The van der Waals surface area contributed by atoms with E-state index in [4.69, 9.17) is 11.6 Å². The molecule has 5 nitrogen and oxygen atoms in total. The Morgan fingerprint density at radius 3 is 3.00 bits per heavy atom. The van der Waals surface area contributed by atoms with Crippen molar-refractivity contribution in [1.29, 1.82) is 0 Å². The number of carbonyl (C=O) groups excluding carboxylic acids is 1. The number of hydrogen-bond acceptors (Lipinski definition) is 3. The van der Waals surface area contributed by atoms with E-state index in [1.54, 1.807) is 17.1 Å². The van der Waals surface area contributed by atoms with Crippen LogP contribution in [0.4, 0.5) is 5.69 Å². The normalized spacial score (nSPS) is 17.1. The highest BCUT2D eigenvalue weighted by molar-refractivity contribution is 9.10. The van der Waals surface area contributed by atoms with E-state index in [0.717, 1.165) is 28.0 Å². The Morgan fingerprint density at radius 1 is 1.55 bits per heavy atom. The van der Waals surface area contributed by atoms with Gasteiger partial charge >= 0.3 is 0 Å². The topological polar surface area (TPSA) is 59.0 Å². The van der Waals surface area contributed by atoms with E-state index in [1.165, 1.54) is 0 Å². The largest absolute Gasteiger partial charge is 0.324 e. The molecular formula is C13H12BrClN4O. The average molecular weight is 356 g/mol. The predicted octanol–water partition coefficient (Wildman–Crippen LogP) is 2.89. The maximum Gasteiger partial charge on any atom is 0.246 e. The molecule has 0 radical (unpaired) electrons. The van der Waals surface area contributed by atoms with E-state index in [2.05, 4.69) is 31.7 Å². The second-order valence-corrected chi connectivity index (χ2v) is 5.76. The summed E-state index contributed by atoms with van der Waals surface area (Å²) in [5, 5.41) is 10.8. The molecule has 20 heavy (non-hydrogen) atoms. The number of fused-ring (bicyclic) bond motifs is 1. The van der Waals surface area contributed by atoms with Gasteiger partial charge in [0.05, 0.1) is 16.9 Å². The van der Waals surface area contributed by atoms with Crippen LogP contribution in [-0.4, -0.2) is 22.2 Å². The molecule has 1 unspecified atom stereocenters. The summed E-state index contributed by atoms with van der Waals surface area (Å²) >= 11 is 9.41. The number of aromatic nitrogens is 2. The van der Waals surface area contributed by atoms with E-state index >= 15 is 0 Å². The van der Waals surface area contributed by atoms with Gasteiger partial charge in [0.25, 0.3) is 0 Å². The van der Waals surface area contributed by atoms with Gasteiger partial charge in [-0.25, -0.2) is 4.68 Å². The van der Waals surface area contributed by atoms with E-state index in [9.17, 15) is 4.79 Å². The van der Waals surface area contributed by atoms with Gasteiger partial charge in [-0.3, -0.25) is 4.79 Å². The summed E-state index contributed by atoms with van der Waals surface area (Å²) in [7, 11) is 0. The summed E-state index contributed by atoms with van der Waals surface area (Å²) in [5.41, 5.74) is 2.56. The number of halogens is 2. The summed E-state index contributed by atoms with van der Waals surface area (Å²) in [6.07, 6.45) is 3.29. The number of nitrogens with one attached hydrogen (secondary N) is 2. The Morgan fingerprint density at radius 2 is 2.35 bits per heavy atom. The Balaban J connectivity index is 2.06. The second-order valence-electron chi connectivity index (χ2n) is 4.47. The summed E-state index contributed by atoms with van der Waals surface area (Å²) in [5.74, 6) is -0.0376. The quantitative estimate of drug-likeness (QED) is 0.890. The molecule has 2 N–H and O–H groups in total. The van der Waals surface area contributed by atoms with Crippen LogP contribution in [-0.2, 0) is 4.79 Å². The minimum atomic E-state index is -0.304. The molecule has 2 aromatic rings. The number of nitrogens with zero attached hydrogens (tertiary/aromatic N) is 2. The molecule has 1 amide bonds. The first kappa shape index (κ1) is 13.6. The highest BCUT2D eigenvalue weighted by Gasteiger charge is 2.30. The van der Waals surface area contributed by atoms with Crippen LogP contribution in [0.25, 0.3) is 5.69 Å². The number of hydrogen-bond donors (Lipinski definition) is 2. The van der Waals surface area contributed by atoms with Crippen molar-refractivity contribution in [2.24, 2.45) is 0 Å². The smallest absolute Gasteiger partial charge is 0.246 e. The van der Waals surface area contributed by atoms with Gasteiger partial charge in [0.2, 0.25) is 5.91 Å². The summed E-state index contributed by atoms with van der Waals surface area (Å²) < 4.78 is 2.52. The molecule has 1 aromatic heterocycles. The van der Waals surface area contributed by atoms with Crippen molar-refractivity contribution in [3.63, 3.8) is 0 Å². The monoisotopic (exact) mass is 354 g/mol. The predicted molar refractivity (Wildman–Crippen MR) is 81.3 cm³/mol. The number of anilines is 1. The average Bonchev–Trinajstić information content (AvgIpc) is 2.95. The molecule has 3 rings (SSSR count). The second kappa shape index (κ2) is 5.20. The van der Waals surface area contributed by atoms with Crippen LogP contribution in [0, 0.1) is 0 Å². The van der Waals surface area contributed by atoms with Gasteiger partial charge in [0, 0.05) is 21.9 Å². The van der Waals surface area contributed by atoms with E-state index < -0.39 is 0 Å². The van der Waals surface area contributed by atoms with E-state index in [1.807, 2.05) is 19.1 Å². The maximum absolute atomic E-state index is 12.0. The zero-order chi connectivity index (χ0) is 14.3. The third kappa shape index (κ3) is 2.24. The molecule has 2 heterocycles. The first-order chi connectivity index (χ1) is 9.60. The fourth-order valence-electron chi connectivity index (χ4n) is 2.29. The van der Waals surface area contributed by atoms with Gasteiger partial charge in [0.1, 0.15) is 6.04 Å². The SMILES string of the molecule is CCNC1C(=O)Nc2cc(-n3cc(Cl)cn3)c(Br)cc21. The third-order valence-corrected chi connectivity index (χ3v) is 3.99. The van der Waals surface area contributed by atoms with Crippen molar-refractivity contribution < 1.29 is 4.79 Å². The fraction of sp³-hybridized carbons (Fsp3) is 0.231. The van der Waals surface area contributed by atoms with E-state index in [-0.39, 0.29) is 11.9 Å². The molecule has 0 fully saturated rings. The number of carbonyl (C=O) groups is 1. The van der Waals surface area contributed by atoms with E-state index in [0.29, 0.717) is 5.02 Å². The van der Waals surface area contributed by atoms with Gasteiger partial charge in [-0.05, 0) is 34.6 Å². The lowest BCUT2D eigenvalue weighted by molar-refractivity contribution is -0.117. The van der Waals surface area contributed by atoms with Crippen molar-refractivity contribution in [2.75, 3.05) is 11.9 Å². The molecule has 1 aliphatic heterocycles. The zero-order valence-corrected chi connectivity index (χ0v) is 13.0. The number of benzene rings is 1. The zero-order valence-electron chi connectivity index (χ0n) is 10.7. The van der Waals surface area contributed by atoms with Crippen LogP contribution in [0.5, 0.6) is 0 Å². The highest BCUT2D eigenvalue weighted by atomic mass is 79.9. The van der Waals surface area contributed by atoms with Gasteiger partial charge in [0.15, 0.2) is 0 Å². The summed E-state index contributed by atoms with van der Waals surface area (Å²) in [4.78, 5) is 12.0. The van der Waals surface area contributed by atoms with Crippen LogP contribution >= 0.6 is 27.5 Å². The molecule has 7 heteroatoms. The first-order valence-corrected chi connectivity index (χ1v) is 7.35. The lowest BCUT2D eigenvalue weighted by atomic mass is 10.1. The molecule has 1 aromatic carbocycles. The molecule has 104 valence electrons. The van der Waals surface area contributed by atoms with Crippen molar-refractivity contribution in [3.05, 3.63) is 39.6 Å². The fourth-order valence-corrected chi connectivity index (χ4v) is 2.96. The minimum Gasteiger partial charge on any atom is -0.324 e. The summed E-state index contributed by atoms with van der Waals surface area (Å²) in [6, 6.07) is 3.52. The standard InChI is InChI=1S/C13H12BrClN4O/c1-2-16-12-8-3-9(14)11(4-10(8)18-13(12)20)19-6-7(15)5-17-19/h3-6,12,16H,2H2,1H3,(H,18,20). The number of amides is 1. The lowest BCUT2D eigenvalue weighted by Crippen LogP contribution is -2.27. The van der Waals surface area contributed by atoms with Gasteiger partial charge in [-0.15, -0.1) is 0 Å². The third-order valence-electron chi connectivity index (χ3n) is 3.16. The first-order valence-electron chi connectivity index (χ1n) is 6.18. The summed E-state index contributed by atoms with van der Waals surface area (Å²) in [6.45, 7) is 2.70. The molecule has 1 aliphatic rings. The van der Waals surface area contributed by atoms with Crippen molar-refractivity contribution in [1.82, 2.24) is 15.1 Å². The Labute approximate surface area is 129 Å². The Kier molecular flexibility index (Phi) is 3.54. The van der Waals surface area contributed by atoms with Gasteiger partial charge in [-0.2, -0.15) is 5.10 Å². The molecule has 0 saturated carbocycles. The van der Waals surface area contributed by atoms with Crippen LogP contribution in [0.15, 0.2) is 29.0 Å². The molecule has 1 atom stereocenters. The minimum absolute atomic E-state index is 0.0376. The maximum atomic E-state index is 12.0. The Hall–Kier alpha value is -1.37. The van der Waals surface area contributed by atoms with Gasteiger partial charge in [-0.1, -0.05) is 18.5 Å². The Bertz CT molecular complexity index is 685. The van der Waals surface area contributed by atoms with Crippen molar-refractivity contribution in [2.45, 2.75) is 13.0 Å². The van der Waals surface area contributed by atoms with Crippen molar-refractivity contribution in [3.8, 4) is 5.69 Å².